The number of hydrazine groups is 1. The number of rotatable bonds is 4. The zero-order valence-electron chi connectivity index (χ0n) is 10.7. The molecule has 0 amide bonds. The van der Waals surface area contributed by atoms with Crippen LogP contribution in [0, 0.1) is 6.92 Å². The van der Waals surface area contributed by atoms with E-state index in [4.69, 9.17) is 29.0 Å². The number of nitrogens with two attached hydrogens (primary N) is 1. The van der Waals surface area contributed by atoms with Crippen LogP contribution in [0.4, 0.5) is 0 Å². The molecule has 0 fully saturated rings. The summed E-state index contributed by atoms with van der Waals surface area (Å²) in [5.74, 6) is 5.64. The van der Waals surface area contributed by atoms with E-state index in [-0.39, 0.29) is 6.04 Å². The molecule has 2 nitrogen and oxygen atoms in total. The Hall–Kier alpha value is -1.06. The predicted octanol–water partition coefficient (Wildman–Crippen LogP) is 4.05. The molecule has 1 unspecified atom stereocenters. The molecule has 0 saturated heterocycles. The monoisotopic (exact) mass is 294 g/mol. The first-order valence-electron chi connectivity index (χ1n) is 6.07. The van der Waals surface area contributed by atoms with E-state index >= 15 is 0 Å². The molecule has 0 aliphatic heterocycles. The number of benzene rings is 2. The van der Waals surface area contributed by atoms with Crippen LogP contribution in [0.3, 0.4) is 0 Å². The highest BCUT2D eigenvalue weighted by atomic mass is 35.5. The summed E-state index contributed by atoms with van der Waals surface area (Å²) >= 11 is 12.0. The van der Waals surface area contributed by atoms with Gasteiger partial charge in [0.15, 0.2) is 0 Å². The largest absolute Gasteiger partial charge is 0.271 e. The summed E-state index contributed by atoms with van der Waals surface area (Å²) in [5, 5.41) is 1.10. The predicted molar refractivity (Wildman–Crippen MR) is 81.4 cm³/mol. The maximum Gasteiger partial charge on any atom is 0.0595 e. The maximum absolute atomic E-state index is 6.04. The number of aryl methyl sites for hydroxylation is 1. The van der Waals surface area contributed by atoms with Crippen molar-refractivity contribution in [3.8, 4) is 0 Å². The average Bonchev–Trinajstić information content (AvgIpc) is 2.41. The van der Waals surface area contributed by atoms with Gasteiger partial charge in [-0.2, -0.15) is 0 Å². The lowest BCUT2D eigenvalue weighted by Gasteiger charge is -2.17. The molecule has 2 aromatic carbocycles. The molecule has 0 radical (unpaired) electrons. The fraction of sp³-hybridized carbons (Fsp3) is 0.200. The van der Waals surface area contributed by atoms with Crippen LogP contribution in [0.2, 0.25) is 10.0 Å². The molecule has 1 atom stereocenters. The van der Waals surface area contributed by atoms with Gasteiger partial charge in [0.1, 0.15) is 0 Å². The van der Waals surface area contributed by atoms with Crippen molar-refractivity contribution in [2.45, 2.75) is 19.4 Å². The lowest BCUT2D eigenvalue weighted by atomic mass is 9.99. The SMILES string of the molecule is Cc1ccc(CC(NN)c2ccc(Cl)c(Cl)c2)cc1. The van der Waals surface area contributed by atoms with Gasteiger partial charge in [0, 0.05) is 0 Å². The highest BCUT2D eigenvalue weighted by Crippen LogP contribution is 2.27. The van der Waals surface area contributed by atoms with E-state index in [0.717, 1.165) is 12.0 Å². The van der Waals surface area contributed by atoms with Gasteiger partial charge in [-0.3, -0.25) is 11.3 Å². The zero-order chi connectivity index (χ0) is 13.8. The molecule has 0 aliphatic rings. The fourth-order valence-corrected chi connectivity index (χ4v) is 2.27. The highest BCUT2D eigenvalue weighted by Gasteiger charge is 2.12. The van der Waals surface area contributed by atoms with Crippen LogP contribution in [-0.2, 0) is 6.42 Å². The summed E-state index contributed by atoms with van der Waals surface area (Å²) in [4.78, 5) is 0. The molecule has 0 spiro atoms. The van der Waals surface area contributed by atoms with E-state index in [1.165, 1.54) is 11.1 Å². The van der Waals surface area contributed by atoms with Gasteiger partial charge in [0.2, 0.25) is 0 Å². The number of halogens is 2. The van der Waals surface area contributed by atoms with E-state index in [2.05, 4.69) is 36.6 Å². The standard InChI is InChI=1S/C15H16Cl2N2/c1-10-2-4-11(5-3-10)8-15(19-18)12-6-7-13(16)14(17)9-12/h2-7,9,15,19H,8,18H2,1H3. The Bertz CT molecular complexity index is 553. The molecule has 0 saturated carbocycles. The van der Waals surface area contributed by atoms with Crippen LogP contribution in [0.25, 0.3) is 0 Å². The molecule has 2 aromatic rings. The average molecular weight is 295 g/mol. The van der Waals surface area contributed by atoms with Crippen LogP contribution < -0.4 is 11.3 Å². The Kier molecular flexibility index (Phi) is 4.83. The van der Waals surface area contributed by atoms with E-state index in [1.807, 2.05) is 12.1 Å². The first kappa shape index (κ1) is 14.4. The summed E-state index contributed by atoms with van der Waals surface area (Å²) in [7, 11) is 0. The van der Waals surface area contributed by atoms with Crippen LogP contribution in [0.1, 0.15) is 22.7 Å². The third-order valence-electron chi connectivity index (χ3n) is 3.11. The van der Waals surface area contributed by atoms with Gasteiger partial charge >= 0.3 is 0 Å². The van der Waals surface area contributed by atoms with Gasteiger partial charge in [-0.25, -0.2) is 0 Å². The van der Waals surface area contributed by atoms with Crippen LogP contribution in [0.15, 0.2) is 42.5 Å². The van der Waals surface area contributed by atoms with Gasteiger partial charge in [-0.15, -0.1) is 0 Å². The van der Waals surface area contributed by atoms with Crippen LogP contribution >= 0.6 is 23.2 Å². The fourth-order valence-electron chi connectivity index (χ4n) is 1.96. The minimum atomic E-state index is 0.0115. The number of hydrogen-bond donors (Lipinski definition) is 2. The molecule has 4 heteroatoms. The second kappa shape index (κ2) is 6.40. The van der Waals surface area contributed by atoms with Crippen molar-refractivity contribution >= 4 is 23.2 Å². The third kappa shape index (κ3) is 3.71. The first-order chi connectivity index (χ1) is 9.10. The molecule has 2 rings (SSSR count). The Morgan fingerprint density at radius 3 is 2.32 bits per heavy atom. The molecule has 0 aliphatic carbocycles. The summed E-state index contributed by atoms with van der Waals surface area (Å²) in [6.45, 7) is 2.07. The van der Waals surface area contributed by atoms with E-state index < -0.39 is 0 Å². The molecular formula is C15H16Cl2N2. The minimum Gasteiger partial charge on any atom is -0.271 e. The molecule has 0 aromatic heterocycles. The van der Waals surface area contributed by atoms with E-state index in [1.54, 1.807) is 6.07 Å². The van der Waals surface area contributed by atoms with Crippen molar-refractivity contribution < 1.29 is 0 Å². The summed E-state index contributed by atoms with van der Waals surface area (Å²) < 4.78 is 0. The lowest BCUT2D eigenvalue weighted by Crippen LogP contribution is -2.29. The first-order valence-corrected chi connectivity index (χ1v) is 6.82. The van der Waals surface area contributed by atoms with Gasteiger partial charge in [-0.05, 0) is 36.6 Å². The highest BCUT2D eigenvalue weighted by molar-refractivity contribution is 6.42. The maximum atomic E-state index is 6.04. The molecule has 100 valence electrons. The van der Waals surface area contributed by atoms with E-state index in [0.29, 0.717) is 10.0 Å². The zero-order valence-corrected chi connectivity index (χ0v) is 12.2. The second-order valence-electron chi connectivity index (χ2n) is 4.58. The van der Waals surface area contributed by atoms with Gasteiger partial charge in [0.25, 0.3) is 0 Å². The third-order valence-corrected chi connectivity index (χ3v) is 3.85. The van der Waals surface area contributed by atoms with Crippen molar-refractivity contribution in [3.63, 3.8) is 0 Å². The van der Waals surface area contributed by atoms with Gasteiger partial charge in [0.05, 0.1) is 16.1 Å². The summed E-state index contributed by atoms with van der Waals surface area (Å²) in [6.07, 6.45) is 0.800. The van der Waals surface area contributed by atoms with Crippen LogP contribution in [-0.4, -0.2) is 0 Å². The Morgan fingerprint density at radius 1 is 1.05 bits per heavy atom. The Balaban J connectivity index is 2.19. The Morgan fingerprint density at radius 2 is 1.74 bits per heavy atom. The normalized spacial score (nSPS) is 12.4. The van der Waals surface area contributed by atoms with Crippen molar-refractivity contribution in [2.75, 3.05) is 0 Å². The van der Waals surface area contributed by atoms with E-state index in [9.17, 15) is 0 Å². The molecule has 3 N–H and O–H groups in total. The molecular weight excluding hydrogens is 279 g/mol. The van der Waals surface area contributed by atoms with Gasteiger partial charge in [-0.1, -0.05) is 59.1 Å². The van der Waals surface area contributed by atoms with Crippen molar-refractivity contribution in [1.82, 2.24) is 5.43 Å². The van der Waals surface area contributed by atoms with Crippen molar-refractivity contribution in [3.05, 3.63) is 69.2 Å². The Labute approximate surface area is 123 Å². The molecule has 0 bridgehead atoms. The summed E-state index contributed by atoms with van der Waals surface area (Å²) in [6, 6.07) is 14.0. The minimum absolute atomic E-state index is 0.0115. The topological polar surface area (TPSA) is 38.0 Å². The van der Waals surface area contributed by atoms with Crippen molar-refractivity contribution in [2.24, 2.45) is 5.84 Å². The molecule has 0 heterocycles. The smallest absolute Gasteiger partial charge is 0.0595 e. The summed E-state index contributed by atoms with van der Waals surface area (Å²) in [5.41, 5.74) is 6.32. The number of hydrogen-bond acceptors (Lipinski definition) is 2. The van der Waals surface area contributed by atoms with Crippen molar-refractivity contribution in [1.29, 1.82) is 0 Å². The lowest BCUT2D eigenvalue weighted by molar-refractivity contribution is 0.552. The quantitative estimate of drug-likeness (QED) is 0.659. The van der Waals surface area contributed by atoms with Crippen LogP contribution in [0.5, 0.6) is 0 Å². The number of nitrogens with one attached hydrogen (secondary N) is 1. The van der Waals surface area contributed by atoms with Gasteiger partial charge < -0.3 is 0 Å². The second-order valence-corrected chi connectivity index (χ2v) is 5.40. The molecule has 19 heavy (non-hydrogen) atoms.